The molecule has 2 N–H and O–H groups in total. The Morgan fingerprint density at radius 2 is 1.73 bits per heavy atom. The Kier molecular flexibility index (Phi) is 5.60. The van der Waals surface area contributed by atoms with E-state index in [0.717, 1.165) is 45.8 Å². The van der Waals surface area contributed by atoms with Gasteiger partial charge in [0, 0.05) is 52.7 Å². The molecule has 0 spiro atoms. The molecule has 0 aliphatic carbocycles. The molecule has 0 saturated carbocycles. The lowest BCUT2D eigenvalue weighted by molar-refractivity contribution is -0.141. The van der Waals surface area contributed by atoms with Crippen LogP contribution in [0.1, 0.15) is 6.92 Å². The number of nitrogens with two attached hydrogens (primary N) is 1. The second-order valence-corrected chi connectivity index (χ2v) is 3.81. The molecule has 0 aromatic heterocycles. The minimum atomic E-state index is -0.197. The molecule has 1 heterocycles. The van der Waals surface area contributed by atoms with Crippen molar-refractivity contribution in [3.8, 4) is 0 Å². The summed E-state index contributed by atoms with van der Waals surface area (Å²) in [4.78, 5) is 15.2. The molecular formula is C10H21N3O2. The van der Waals surface area contributed by atoms with E-state index < -0.39 is 0 Å². The summed E-state index contributed by atoms with van der Waals surface area (Å²) in [5.41, 5.74) is 5.49. The smallest absolute Gasteiger partial charge is 0.302 e. The van der Waals surface area contributed by atoms with E-state index in [4.69, 9.17) is 10.5 Å². The molecule has 5 nitrogen and oxygen atoms in total. The highest BCUT2D eigenvalue weighted by molar-refractivity contribution is 5.65. The fourth-order valence-electron chi connectivity index (χ4n) is 1.74. The molecule has 1 aliphatic heterocycles. The van der Waals surface area contributed by atoms with Crippen LogP contribution in [0.2, 0.25) is 0 Å². The van der Waals surface area contributed by atoms with Crippen molar-refractivity contribution in [1.82, 2.24) is 9.80 Å². The first-order valence-electron chi connectivity index (χ1n) is 5.50. The van der Waals surface area contributed by atoms with Crippen molar-refractivity contribution < 1.29 is 9.53 Å². The van der Waals surface area contributed by atoms with Gasteiger partial charge in [-0.15, -0.1) is 0 Å². The van der Waals surface area contributed by atoms with Crippen molar-refractivity contribution in [2.45, 2.75) is 6.92 Å². The predicted octanol–water partition coefficient (Wildman–Crippen LogP) is -0.874. The highest BCUT2D eigenvalue weighted by Gasteiger charge is 2.15. The molecular weight excluding hydrogens is 194 g/mol. The molecule has 0 unspecified atom stereocenters. The zero-order chi connectivity index (χ0) is 11.1. The first kappa shape index (κ1) is 12.4. The topological polar surface area (TPSA) is 58.8 Å². The van der Waals surface area contributed by atoms with Crippen LogP contribution >= 0.6 is 0 Å². The molecule has 0 radical (unpaired) electrons. The van der Waals surface area contributed by atoms with Crippen molar-refractivity contribution in [3.05, 3.63) is 0 Å². The van der Waals surface area contributed by atoms with Crippen LogP contribution in [0.5, 0.6) is 0 Å². The molecule has 0 aromatic rings. The molecule has 5 heteroatoms. The van der Waals surface area contributed by atoms with Crippen molar-refractivity contribution in [3.63, 3.8) is 0 Å². The molecule has 1 saturated heterocycles. The maximum absolute atomic E-state index is 10.6. The molecule has 15 heavy (non-hydrogen) atoms. The summed E-state index contributed by atoms with van der Waals surface area (Å²) in [5.74, 6) is -0.197. The van der Waals surface area contributed by atoms with E-state index in [-0.39, 0.29) is 5.97 Å². The molecule has 0 amide bonds. The Morgan fingerprint density at radius 1 is 1.20 bits per heavy atom. The van der Waals surface area contributed by atoms with E-state index in [0.29, 0.717) is 6.61 Å². The Bertz CT molecular complexity index is 191. The van der Waals surface area contributed by atoms with Gasteiger partial charge in [0.15, 0.2) is 0 Å². The van der Waals surface area contributed by atoms with Crippen LogP contribution in [0, 0.1) is 0 Å². The van der Waals surface area contributed by atoms with Gasteiger partial charge in [-0.05, 0) is 0 Å². The summed E-state index contributed by atoms with van der Waals surface area (Å²) in [5, 5.41) is 0. The summed E-state index contributed by atoms with van der Waals surface area (Å²) in [6.45, 7) is 8.73. The van der Waals surface area contributed by atoms with E-state index >= 15 is 0 Å². The number of hydrogen-bond donors (Lipinski definition) is 1. The highest BCUT2D eigenvalue weighted by Crippen LogP contribution is 2.00. The predicted molar refractivity (Wildman–Crippen MR) is 58.6 cm³/mol. The molecule has 0 bridgehead atoms. The maximum atomic E-state index is 10.6. The first-order valence-corrected chi connectivity index (χ1v) is 5.50. The Balaban J connectivity index is 2.06. The average molecular weight is 215 g/mol. The lowest BCUT2D eigenvalue weighted by Gasteiger charge is -2.34. The molecule has 1 fully saturated rings. The van der Waals surface area contributed by atoms with Gasteiger partial charge in [0.2, 0.25) is 0 Å². The quantitative estimate of drug-likeness (QED) is 0.604. The van der Waals surface area contributed by atoms with Crippen LogP contribution in [0.4, 0.5) is 0 Å². The average Bonchev–Trinajstić information content (AvgIpc) is 2.20. The Hall–Kier alpha value is -0.650. The first-order chi connectivity index (χ1) is 7.22. The van der Waals surface area contributed by atoms with Crippen LogP contribution < -0.4 is 5.73 Å². The lowest BCUT2D eigenvalue weighted by atomic mass is 10.3. The molecule has 88 valence electrons. The number of rotatable bonds is 5. The maximum Gasteiger partial charge on any atom is 0.302 e. The summed E-state index contributed by atoms with van der Waals surface area (Å²) in [6.07, 6.45) is 0. The summed E-state index contributed by atoms with van der Waals surface area (Å²) >= 11 is 0. The SMILES string of the molecule is CC(=O)OCCN1CCN(CCN)CC1. The van der Waals surface area contributed by atoms with Gasteiger partial charge in [-0.2, -0.15) is 0 Å². The van der Waals surface area contributed by atoms with Crippen molar-refractivity contribution in [2.24, 2.45) is 5.73 Å². The fraction of sp³-hybridized carbons (Fsp3) is 0.900. The van der Waals surface area contributed by atoms with Crippen molar-refractivity contribution in [2.75, 3.05) is 52.4 Å². The number of nitrogens with zero attached hydrogens (tertiary/aromatic N) is 2. The highest BCUT2D eigenvalue weighted by atomic mass is 16.5. The largest absolute Gasteiger partial charge is 0.465 e. The van der Waals surface area contributed by atoms with Crippen LogP contribution in [0.25, 0.3) is 0 Å². The second kappa shape index (κ2) is 6.76. The minimum absolute atomic E-state index is 0.197. The van der Waals surface area contributed by atoms with Crippen molar-refractivity contribution >= 4 is 5.97 Å². The van der Waals surface area contributed by atoms with Gasteiger partial charge in [-0.25, -0.2) is 0 Å². The summed E-state index contributed by atoms with van der Waals surface area (Å²) in [7, 11) is 0. The van der Waals surface area contributed by atoms with E-state index in [9.17, 15) is 4.79 Å². The zero-order valence-electron chi connectivity index (χ0n) is 9.45. The van der Waals surface area contributed by atoms with Gasteiger partial charge in [0.05, 0.1) is 0 Å². The van der Waals surface area contributed by atoms with Gasteiger partial charge in [0.1, 0.15) is 6.61 Å². The van der Waals surface area contributed by atoms with E-state index in [1.165, 1.54) is 6.92 Å². The molecule has 1 aliphatic rings. The van der Waals surface area contributed by atoms with Crippen LogP contribution in [0.15, 0.2) is 0 Å². The number of piperazine rings is 1. The van der Waals surface area contributed by atoms with Crippen LogP contribution in [0.3, 0.4) is 0 Å². The summed E-state index contributed by atoms with van der Waals surface area (Å²) in [6, 6.07) is 0. The Morgan fingerprint density at radius 3 is 2.20 bits per heavy atom. The van der Waals surface area contributed by atoms with Gasteiger partial charge >= 0.3 is 5.97 Å². The normalized spacial score (nSPS) is 19.1. The van der Waals surface area contributed by atoms with Crippen LogP contribution in [-0.2, 0) is 9.53 Å². The third-order valence-electron chi connectivity index (χ3n) is 2.62. The van der Waals surface area contributed by atoms with E-state index in [1.807, 2.05) is 0 Å². The Labute approximate surface area is 91.2 Å². The van der Waals surface area contributed by atoms with Gasteiger partial charge < -0.3 is 10.5 Å². The zero-order valence-corrected chi connectivity index (χ0v) is 9.45. The van der Waals surface area contributed by atoms with Crippen LogP contribution in [-0.4, -0.2) is 68.2 Å². The lowest BCUT2D eigenvalue weighted by Crippen LogP contribution is -2.48. The molecule has 1 rings (SSSR count). The standard InChI is InChI=1S/C10H21N3O2/c1-10(14)15-9-8-13-6-4-12(3-2-11)5-7-13/h2-9,11H2,1H3. The van der Waals surface area contributed by atoms with Gasteiger partial charge in [0.25, 0.3) is 0 Å². The molecule has 0 atom stereocenters. The third kappa shape index (κ3) is 5.11. The second-order valence-electron chi connectivity index (χ2n) is 3.81. The van der Waals surface area contributed by atoms with Gasteiger partial charge in [-0.1, -0.05) is 0 Å². The number of carbonyl (C=O) groups is 1. The number of ether oxygens (including phenoxy) is 1. The van der Waals surface area contributed by atoms with E-state index in [2.05, 4.69) is 9.80 Å². The molecule has 0 aromatic carbocycles. The fourth-order valence-corrected chi connectivity index (χ4v) is 1.74. The minimum Gasteiger partial charge on any atom is -0.465 e. The third-order valence-corrected chi connectivity index (χ3v) is 2.62. The van der Waals surface area contributed by atoms with E-state index in [1.54, 1.807) is 0 Å². The van der Waals surface area contributed by atoms with Gasteiger partial charge in [-0.3, -0.25) is 14.6 Å². The number of esters is 1. The van der Waals surface area contributed by atoms with Crippen molar-refractivity contribution in [1.29, 1.82) is 0 Å². The number of hydrogen-bond acceptors (Lipinski definition) is 5. The summed E-state index contributed by atoms with van der Waals surface area (Å²) < 4.78 is 4.90. The monoisotopic (exact) mass is 215 g/mol. The number of carbonyl (C=O) groups excluding carboxylic acids is 1.